The maximum absolute atomic E-state index is 12.1. The number of benzene rings is 1. The predicted octanol–water partition coefficient (Wildman–Crippen LogP) is 3.73. The van der Waals surface area contributed by atoms with E-state index in [1.165, 1.54) is 0 Å². The Kier molecular flexibility index (Phi) is 3.36. The first-order valence-corrected chi connectivity index (χ1v) is 5.77. The van der Waals surface area contributed by atoms with Gasteiger partial charge in [-0.15, -0.1) is 0 Å². The number of carbonyl (C=O) groups is 1. The summed E-state index contributed by atoms with van der Waals surface area (Å²) in [5.41, 5.74) is 0.833. The van der Waals surface area contributed by atoms with E-state index in [0.717, 1.165) is 0 Å². The Balaban J connectivity index is 2.50. The minimum atomic E-state index is -0.182. The Labute approximate surface area is 106 Å². The third-order valence-electron chi connectivity index (χ3n) is 2.09. The molecule has 0 spiro atoms. The second kappa shape index (κ2) is 4.76. The first-order chi connectivity index (χ1) is 7.70. The molecule has 16 heavy (non-hydrogen) atoms. The maximum atomic E-state index is 12.1. The van der Waals surface area contributed by atoms with E-state index in [1.807, 2.05) is 0 Å². The summed E-state index contributed by atoms with van der Waals surface area (Å²) >= 11 is 9.31. The van der Waals surface area contributed by atoms with Crippen molar-refractivity contribution in [2.75, 3.05) is 0 Å². The molecule has 0 amide bonds. The lowest BCUT2D eigenvalue weighted by Gasteiger charge is -2.04. The van der Waals surface area contributed by atoms with E-state index in [0.29, 0.717) is 20.8 Å². The van der Waals surface area contributed by atoms with Gasteiger partial charge in [0.1, 0.15) is 5.69 Å². The van der Waals surface area contributed by atoms with Crippen molar-refractivity contribution in [3.63, 3.8) is 0 Å². The zero-order chi connectivity index (χ0) is 11.5. The van der Waals surface area contributed by atoms with Crippen LogP contribution in [-0.2, 0) is 0 Å². The van der Waals surface area contributed by atoms with Gasteiger partial charge < -0.3 is 0 Å². The highest BCUT2D eigenvalue weighted by atomic mass is 79.9. The fourth-order valence-electron chi connectivity index (χ4n) is 1.34. The number of hydrogen-bond acceptors (Lipinski definition) is 2. The van der Waals surface area contributed by atoms with Gasteiger partial charge in [0.05, 0.1) is 10.6 Å². The molecule has 4 heteroatoms. The summed E-state index contributed by atoms with van der Waals surface area (Å²) in [5.74, 6) is -0.182. The van der Waals surface area contributed by atoms with Gasteiger partial charge in [0, 0.05) is 10.7 Å². The second-order valence-corrected chi connectivity index (χ2v) is 4.40. The summed E-state index contributed by atoms with van der Waals surface area (Å²) in [4.78, 5) is 16.1. The molecule has 1 aromatic carbocycles. The Morgan fingerprint density at radius 1 is 1.19 bits per heavy atom. The van der Waals surface area contributed by atoms with E-state index in [4.69, 9.17) is 11.6 Å². The molecule has 0 fully saturated rings. The molecule has 0 aliphatic rings. The lowest BCUT2D eigenvalue weighted by atomic mass is 10.1. The molecule has 80 valence electrons. The number of carbonyl (C=O) groups excluding carboxylic acids is 1. The largest absolute Gasteiger partial charge is 0.287 e. The van der Waals surface area contributed by atoms with Crippen molar-refractivity contribution in [2.24, 2.45) is 0 Å². The van der Waals surface area contributed by atoms with Crippen molar-refractivity contribution < 1.29 is 4.79 Å². The van der Waals surface area contributed by atoms with Crippen LogP contribution < -0.4 is 0 Å². The van der Waals surface area contributed by atoms with E-state index in [-0.39, 0.29) is 5.78 Å². The van der Waals surface area contributed by atoms with Gasteiger partial charge in [-0.1, -0.05) is 23.7 Å². The molecule has 0 bridgehead atoms. The van der Waals surface area contributed by atoms with Crippen LogP contribution in [0.15, 0.2) is 47.1 Å². The lowest BCUT2D eigenvalue weighted by Crippen LogP contribution is -2.05. The van der Waals surface area contributed by atoms with E-state index < -0.39 is 0 Å². The molecule has 0 aliphatic heterocycles. The van der Waals surface area contributed by atoms with Crippen molar-refractivity contribution in [1.82, 2.24) is 4.98 Å². The maximum Gasteiger partial charge on any atom is 0.213 e. The molecule has 0 unspecified atom stereocenters. The van der Waals surface area contributed by atoms with Crippen molar-refractivity contribution >= 4 is 33.3 Å². The molecule has 0 radical (unpaired) electrons. The number of aromatic nitrogens is 1. The van der Waals surface area contributed by atoms with E-state index in [2.05, 4.69) is 20.9 Å². The normalized spacial score (nSPS) is 10.1. The number of nitrogens with zero attached hydrogens (tertiary/aromatic N) is 1. The van der Waals surface area contributed by atoms with Gasteiger partial charge in [0.2, 0.25) is 5.78 Å². The molecule has 2 rings (SSSR count). The Bertz CT molecular complexity index is 508. The van der Waals surface area contributed by atoms with Crippen LogP contribution in [0.5, 0.6) is 0 Å². The highest BCUT2D eigenvalue weighted by molar-refractivity contribution is 9.10. The minimum absolute atomic E-state index is 0.182. The van der Waals surface area contributed by atoms with Gasteiger partial charge in [-0.25, -0.2) is 0 Å². The molecule has 0 N–H and O–H groups in total. The standard InChI is InChI=1S/C12H7BrClNO/c13-8-4-3-5-9(14)11(8)12(16)10-6-1-2-7-15-10/h1-7H. The smallest absolute Gasteiger partial charge is 0.213 e. The van der Waals surface area contributed by atoms with Gasteiger partial charge in [-0.3, -0.25) is 9.78 Å². The molecule has 0 saturated heterocycles. The number of rotatable bonds is 2. The number of ketones is 1. The first kappa shape index (κ1) is 11.3. The zero-order valence-corrected chi connectivity index (χ0v) is 10.5. The molecular weight excluding hydrogens is 289 g/mol. The Morgan fingerprint density at radius 3 is 2.62 bits per heavy atom. The lowest BCUT2D eigenvalue weighted by molar-refractivity contribution is 0.103. The van der Waals surface area contributed by atoms with Crippen LogP contribution in [0.4, 0.5) is 0 Å². The van der Waals surface area contributed by atoms with Crippen LogP contribution in [-0.4, -0.2) is 10.8 Å². The van der Waals surface area contributed by atoms with Gasteiger partial charge in [0.25, 0.3) is 0 Å². The van der Waals surface area contributed by atoms with Crippen molar-refractivity contribution in [3.05, 3.63) is 63.3 Å². The van der Waals surface area contributed by atoms with Gasteiger partial charge in [-0.2, -0.15) is 0 Å². The summed E-state index contributed by atoms with van der Waals surface area (Å²) in [5, 5.41) is 0.421. The quantitative estimate of drug-likeness (QED) is 0.790. The van der Waals surface area contributed by atoms with E-state index >= 15 is 0 Å². The molecule has 1 aromatic heterocycles. The van der Waals surface area contributed by atoms with Gasteiger partial charge in [-0.05, 0) is 40.2 Å². The van der Waals surface area contributed by atoms with Crippen LogP contribution in [0.1, 0.15) is 16.1 Å². The minimum Gasteiger partial charge on any atom is -0.287 e. The zero-order valence-electron chi connectivity index (χ0n) is 8.15. The van der Waals surface area contributed by atoms with Gasteiger partial charge in [0.15, 0.2) is 0 Å². The first-order valence-electron chi connectivity index (χ1n) is 4.60. The molecule has 1 heterocycles. The summed E-state index contributed by atoms with van der Waals surface area (Å²) in [6.07, 6.45) is 1.58. The number of halogens is 2. The van der Waals surface area contributed by atoms with Crippen molar-refractivity contribution in [1.29, 1.82) is 0 Å². The fraction of sp³-hybridized carbons (Fsp3) is 0. The van der Waals surface area contributed by atoms with Gasteiger partial charge >= 0.3 is 0 Å². The topological polar surface area (TPSA) is 30.0 Å². The van der Waals surface area contributed by atoms with Crippen LogP contribution in [0.3, 0.4) is 0 Å². The van der Waals surface area contributed by atoms with Crippen LogP contribution in [0.25, 0.3) is 0 Å². The highest BCUT2D eigenvalue weighted by Crippen LogP contribution is 2.26. The molecule has 0 saturated carbocycles. The average molecular weight is 297 g/mol. The molecule has 2 aromatic rings. The monoisotopic (exact) mass is 295 g/mol. The number of hydrogen-bond donors (Lipinski definition) is 0. The van der Waals surface area contributed by atoms with Crippen LogP contribution >= 0.6 is 27.5 Å². The predicted molar refractivity (Wildman–Crippen MR) is 66.8 cm³/mol. The Hall–Kier alpha value is -1.19. The molecule has 2 nitrogen and oxygen atoms in total. The SMILES string of the molecule is O=C(c1ccccn1)c1c(Cl)cccc1Br. The third kappa shape index (κ3) is 2.15. The molecule has 0 aliphatic carbocycles. The highest BCUT2D eigenvalue weighted by Gasteiger charge is 2.16. The average Bonchev–Trinajstić information content (AvgIpc) is 2.30. The Morgan fingerprint density at radius 2 is 2.00 bits per heavy atom. The van der Waals surface area contributed by atoms with Crippen molar-refractivity contribution in [3.8, 4) is 0 Å². The summed E-state index contributed by atoms with van der Waals surface area (Å²) in [6.45, 7) is 0. The molecular formula is C12H7BrClNO. The molecule has 0 atom stereocenters. The third-order valence-corrected chi connectivity index (χ3v) is 3.06. The summed E-state index contributed by atoms with van der Waals surface area (Å²) < 4.78 is 0.677. The second-order valence-electron chi connectivity index (χ2n) is 3.14. The van der Waals surface area contributed by atoms with Crippen LogP contribution in [0, 0.1) is 0 Å². The summed E-state index contributed by atoms with van der Waals surface area (Å²) in [6, 6.07) is 10.4. The number of pyridine rings is 1. The van der Waals surface area contributed by atoms with Crippen molar-refractivity contribution in [2.45, 2.75) is 0 Å². The van der Waals surface area contributed by atoms with Crippen LogP contribution in [0.2, 0.25) is 5.02 Å². The van der Waals surface area contributed by atoms with E-state index in [9.17, 15) is 4.79 Å². The van der Waals surface area contributed by atoms with E-state index in [1.54, 1.807) is 42.6 Å². The summed E-state index contributed by atoms with van der Waals surface area (Å²) in [7, 11) is 0. The fourth-order valence-corrected chi connectivity index (χ4v) is 2.26.